The van der Waals surface area contributed by atoms with Gasteiger partial charge in [-0.15, -0.1) is 6.58 Å². The minimum Gasteiger partial charge on any atom is -0.336 e. The number of hydrogen-bond acceptors (Lipinski definition) is 2. The standard InChI is InChI=1S/C10H14N2OS/c1-3-5-8-7-9(13)12(6-4-2)10(14)11-8/h4,7H,2-3,5-6H2,1H3,(H,11,14). The molecule has 0 spiro atoms. The number of nitrogens with zero attached hydrogens (tertiary/aromatic N) is 1. The zero-order chi connectivity index (χ0) is 10.6. The monoisotopic (exact) mass is 210 g/mol. The van der Waals surface area contributed by atoms with Gasteiger partial charge in [-0.1, -0.05) is 19.4 Å². The highest BCUT2D eigenvalue weighted by molar-refractivity contribution is 7.71. The van der Waals surface area contributed by atoms with Gasteiger partial charge in [0.15, 0.2) is 4.77 Å². The maximum Gasteiger partial charge on any atom is 0.254 e. The van der Waals surface area contributed by atoms with Crippen molar-refractivity contribution in [3.63, 3.8) is 0 Å². The van der Waals surface area contributed by atoms with Gasteiger partial charge in [0.05, 0.1) is 0 Å². The maximum absolute atomic E-state index is 11.6. The van der Waals surface area contributed by atoms with Crippen molar-refractivity contribution in [2.24, 2.45) is 0 Å². The Balaban J connectivity index is 3.18. The van der Waals surface area contributed by atoms with E-state index in [4.69, 9.17) is 12.2 Å². The number of hydrogen-bond donors (Lipinski definition) is 1. The Bertz CT molecular complexity index is 399. The van der Waals surface area contributed by atoms with E-state index >= 15 is 0 Å². The van der Waals surface area contributed by atoms with E-state index in [9.17, 15) is 4.79 Å². The Kier molecular flexibility index (Phi) is 3.83. The van der Waals surface area contributed by atoms with Crippen molar-refractivity contribution in [3.05, 3.63) is 39.5 Å². The molecular formula is C10H14N2OS. The van der Waals surface area contributed by atoms with Gasteiger partial charge < -0.3 is 4.98 Å². The summed E-state index contributed by atoms with van der Waals surface area (Å²) >= 11 is 5.07. The predicted molar refractivity (Wildman–Crippen MR) is 60.1 cm³/mol. The van der Waals surface area contributed by atoms with Crippen LogP contribution >= 0.6 is 12.2 Å². The molecule has 0 aliphatic rings. The summed E-state index contributed by atoms with van der Waals surface area (Å²) in [5.74, 6) is 0. The van der Waals surface area contributed by atoms with Crippen LogP contribution in [-0.2, 0) is 13.0 Å². The van der Waals surface area contributed by atoms with Crippen molar-refractivity contribution in [1.29, 1.82) is 0 Å². The molecule has 0 radical (unpaired) electrons. The fourth-order valence-electron chi connectivity index (χ4n) is 1.27. The molecule has 0 aliphatic heterocycles. The highest BCUT2D eigenvalue weighted by Gasteiger charge is 1.99. The molecule has 0 saturated carbocycles. The molecule has 0 aliphatic carbocycles. The molecule has 3 nitrogen and oxygen atoms in total. The van der Waals surface area contributed by atoms with E-state index < -0.39 is 0 Å². The molecule has 0 fully saturated rings. The molecule has 1 N–H and O–H groups in total. The molecule has 1 aromatic rings. The zero-order valence-electron chi connectivity index (χ0n) is 8.25. The van der Waals surface area contributed by atoms with Crippen molar-refractivity contribution in [2.45, 2.75) is 26.3 Å². The molecule has 0 amide bonds. The Morgan fingerprint density at radius 3 is 2.93 bits per heavy atom. The molecule has 0 aromatic carbocycles. The highest BCUT2D eigenvalue weighted by Crippen LogP contribution is 1.96. The summed E-state index contributed by atoms with van der Waals surface area (Å²) in [6, 6.07) is 1.60. The van der Waals surface area contributed by atoms with Crippen LogP contribution in [0.15, 0.2) is 23.5 Å². The Hall–Kier alpha value is -1.16. The Morgan fingerprint density at radius 2 is 2.43 bits per heavy atom. The largest absolute Gasteiger partial charge is 0.336 e. The first-order valence-electron chi connectivity index (χ1n) is 4.63. The number of nitrogens with one attached hydrogen (secondary N) is 1. The van der Waals surface area contributed by atoms with Gasteiger partial charge in [-0.3, -0.25) is 9.36 Å². The summed E-state index contributed by atoms with van der Waals surface area (Å²) in [6.45, 7) is 6.10. The van der Waals surface area contributed by atoms with Crippen LogP contribution < -0.4 is 5.56 Å². The summed E-state index contributed by atoms with van der Waals surface area (Å²) in [5, 5.41) is 0. The van der Waals surface area contributed by atoms with Gasteiger partial charge in [0.25, 0.3) is 5.56 Å². The number of aromatic amines is 1. The minimum absolute atomic E-state index is 0.0582. The molecule has 0 atom stereocenters. The fraction of sp³-hybridized carbons (Fsp3) is 0.400. The van der Waals surface area contributed by atoms with E-state index in [2.05, 4.69) is 18.5 Å². The second-order valence-electron chi connectivity index (χ2n) is 3.09. The second-order valence-corrected chi connectivity index (χ2v) is 3.47. The van der Waals surface area contributed by atoms with E-state index in [0.29, 0.717) is 11.3 Å². The van der Waals surface area contributed by atoms with Gasteiger partial charge >= 0.3 is 0 Å². The molecule has 76 valence electrons. The number of rotatable bonds is 4. The highest BCUT2D eigenvalue weighted by atomic mass is 32.1. The van der Waals surface area contributed by atoms with Gasteiger partial charge in [-0.25, -0.2) is 0 Å². The van der Waals surface area contributed by atoms with Gasteiger partial charge in [0, 0.05) is 18.3 Å². The van der Waals surface area contributed by atoms with E-state index in [1.165, 1.54) is 4.57 Å². The normalized spacial score (nSPS) is 10.1. The first kappa shape index (κ1) is 10.9. The zero-order valence-corrected chi connectivity index (χ0v) is 9.06. The maximum atomic E-state index is 11.6. The van der Waals surface area contributed by atoms with Crippen LogP contribution in [0.25, 0.3) is 0 Å². The molecule has 1 heterocycles. The lowest BCUT2D eigenvalue weighted by Gasteiger charge is -2.04. The smallest absolute Gasteiger partial charge is 0.254 e. The van der Waals surface area contributed by atoms with Gasteiger partial charge in [0.1, 0.15) is 0 Å². The number of aryl methyl sites for hydroxylation is 1. The average Bonchev–Trinajstić information content (AvgIpc) is 2.12. The second kappa shape index (κ2) is 4.91. The van der Waals surface area contributed by atoms with E-state index in [1.54, 1.807) is 12.1 Å². The third-order valence-electron chi connectivity index (χ3n) is 1.91. The quantitative estimate of drug-likeness (QED) is 0.610. The molecule has 1 rings (SSSR count). The molecule has 14 heavy (non-hydrogen) atoms. The van der Waals surface area contributed by atoms with E-state index in [1.807, 2.05) is 0 Å². The molecule has 1 aromatic heterocycles. The van der Waals surface area contributed by atoms with Crippen molar-refractivity contribution in [3.8, 4) is 0 Å². The molecule has 0 saturated heterocycles. The van der Waals surface area contributed by atoms with Crippen LogP contribution in [0.5, 0.6) is 0 Å². The van der Waals surface area contributed by atoms with Crippen LogP contribution in [0.1, 0.15) is 19.0 Å². The summed E-state index contributed by atoms with van der Waals surface area (Å²) in [5.41, 5.74) is 0.847. The van der Waals surface area contributed by atoms with Crippen LogP contribution in [0, 0.1) is 4.77 Å². The number of H-pyrrole nitrogens is 1. The van der Waals surface area contributed by atoms with E-state index in [-0.39, 0.29) is 5.56 Å². The Morgan fingerprint density at radius 1 is 1.71 bits per heavy atom. The van der Waals surface area contributed by atoms with Crippen LogP contribution in [0.4, 0.5) is 0 Å². The van der Waals surface area contributed by atoms with Crippen molar-refractivity contribution in [1.82, 2.24) is 9.55 Å². The molecule has 4 heteroatoms. The first-order valence-corrected chi connectivity index (χ1v) is 5.03. The lowest BCUT2D eigenvalue weighted by molar-refractivity contribution is 0.718. The number of aromatic nitrogens is 2. The summed E-state index contributed by atoms with van der Waals surface area (Å²) in [7, 11) is 0. The van der Waals surface area contributed by atoms with Crippen LogP contribution in [0.3, 0.4) is 0 Å². The van der Waals surface area contributed by atoms with Crippen molar-refractivity contribution >= 4 is 12.2 Å². The van der Waals surface area contributed by atoms with Gasteiger partial charge in [0.2, 0.25) is 0 Å². The topological polar surface area (TPSA) is 37.8 Å². The van der Waals surface area contributed by atoms with Gasteiger partial charge in [-0.2, -0.15) is 0 Å². The third-order valence-corrected chi connectivity index (χ3v) is 2.23. The molecule has 0 unspecified atom stereocenters. The summed E-state index contributed by atoms with van der Waals surface area (Å²) in [4.78, 5) is 14.6. The van der Waals surface area contributed by atoms with Gasteiger partial charge in [-0.05, 0) is 18.6 Å². The average molecular weight is 210 g/mol. The molecular weight excluding hydrogens is 196 g/mol. The molecule has 0 bridgehead atoms. The SMILES string of the molecule is C=CCn1c(=O)cc(CCC)[nH]c1=S. The van der Waals surface area contributed by atoms with Crippen LogP contribution in [0.2, 0.25) is 0 Å². The predicted octanol–water partition coefficient (Wildman–Crippen LogP) is 2.04. The third kappa shape index (κ3) is 2.42. The summed E-state index contributed by atoms with van der Waals surface area (Å²) in [6.07, 6.45) is 3.51. The van der Waals surface area contributed by atoms with Crippen LogP contribution in [-0.4, -0.2) is 9.55 Å². The van der Waals surface area contributed by atoms with Crippen molar-refractivity contribution < 1.29 is 0 Å². The summed E-state index contributed by atoms with van der Waals surface area (Å²) < 4.78 is 1.96. The van der Waals surface area contributed by atoms with E-state index in [0.717, 1.165) is 18.5 Å². The van der Waals surface area contributed by atoms with Crippen molar-refractivity contribution in [2.75, 3.05) is 0 Å². The first-order chi connectivity index (χ1) is 6.69. The lowest BCUT2D eigenvalue weighted by atomic mass is 10.2. The lowest BCUT2D eigenvalue weighted by Crippen LogP contribution is -2.21. The number of allylic oxidation sites excluding steroid dienone is 1. The fourth-order valence-corrected chi connectivity index (χ4v) is 1.57. The minimum atomic E-state index is -0.0582. The Labute approximate surface area is 88.1 Å².